The molecule has 1 aromatic rings. The standard InChI is InChI=1S/C22H29N3O5S/c1-21-9-10-22(31-21)16(15(21)18(27)23-2)20(29)25(11-4-12-26)17(22)19(28)24-13-5-7-14(30-3)8-6-13/h5-8,15-17,26H,4,9-12H2,1-3H3,(H,23,27)(H,24,28)/t15-,16+,17?,21+,22?/m1/s1. The molecule has 5 atom stereocenters. The van der Waals surface area contributed by atoms with Crippen molar-refractivity contribution < 1.29 is 24.2 Å². The molecule has 3 aliphatic heterocycles. The Bertz CT molecular complexity index is 894. The molecule has 0 radical (unpaired) electrons. The fraction of sp³-hybridized carbons (Fsp3) is 0.591. The van der Waals surface area contributed by atoms with E-state index >= 15 is 0 Å². The highest BCUT2D eigenvalue weighted by Gasteiger charge is 2.76. The van der Waals surface area contributed by atoms with Crippen LogP contribution in [0.2, 0.25) is 0 Å². The van der Waals surface area contributed by atoms with E-state index in [1.165, 1.54) is 0 Å². The van der Waals surface area contributed by atoms with Gasteiger partial charge in [0.05, 0.1) is 23.7 Å². The van der Waals surface area contributed by atoms with Crippen LogP contribution in [0.1, 0.15) is 26.2 Å². The monoisotopic (exact) mass is 447 g/mol. The highest BCUT2D eigenvalue weighted by atomic mass is 32.2. The third-order valence-electron chi connectivity index (χ3n) is 6.97. The molecule has 3 heterocycles. The first-order valence-corrected chi connectivity index (χ1v) is 11.4. The summed E-state index contributed by atoms with van der Waals surface area (Å²) in [5, 5.41) is 15.0. The Morgan fingerprint density at radius 2 is 1.97 bits per heavy atom. The lowest BCUT2D eigenvalue weighted by molar-refractivity contribution is -0.140. The molecular formula is C22H29N3O5S. The Labute approximate surface area is 186 Å². The van der Waals surface area contributed by atoms with Crippen LogP contribution >= 0.6 is 11.8 Å². The lowest BCUT2D eigenvalue weighted by Crippen LogP contribution is -2.52. The van der Waals surface area contributed by atoms with Crippen LogP contribution in [0.3, 0.4) is 0 Å². The van der Waals surface area contributed by atoms with Crippen LogP contribution in [-0.4, -0.2) is 70.6 Å². The minimum Gasteiger partial charge on any atom is -0.497 e. The number of nitrogens with one attached hydrogen (secondary N) is 2. The highest BCUT2D eigenvalue weighted by molar-refractivity contribution is 8.02. The Hall–Kier alpha value is -2.26. The summed E-state index contributed by atoms with van der Waals surface area (Å²) in [5.41, 5.74) is 0.617. The molecule has 31 heavy (non-hydrogen) atoms. The summed E-state index contributed by atoms with van der Waals surface area (Å²) in [6, 6.07) is 6.35. The summed E-state index contributed by atoms with van der Waals surface area (Å²) >= 11 is 1.63. The van der Waals surface area contributed by atoms with Crippen LogP contribution in [0.5, 0.6) is 5.75 Å². The third-order valence-corrected chi connectivity index (χ3v) is 8.95. The summed E-state index contributed by atoms with van der Waals surface area (Å²) < 4.78 is 4.15. The number of thioether (sulfide) groups is 1. The van der Waals surface area contributed by atoms with Crippen molar-refractivity contribution in [3.8, 4) is 5.75 Å². The van der Waals surface area contributed by atoms with Gasteiger partial charge in [0, 0.05) is 30.6 Å². The summed E-state index contributed by atoms with van der Waals surface area (Å²) in [6.45, 7) is 2.25. The van der Waals surface area contributed by atoms with E-state index in [-0.39, 0.29) is 35.6 Å². The number of rotatable bonds is 7. The SMILES string of the molecule is CNC(=O)[C@H]1[C@H]2C(=O)N(CCCO)C(C(=O)Nc3ccc(OC)cc3)C23CC[C@]1(C)S3. The van der Waals surface area contributed by atoms with Gasteiger partial charge in [-0.2, -0.15) is 0 Å². The van der Waals surface area contributed by atoms with Gasteiger partial charge in [-0.15, -0.1) is 11.8 Å². The molecule has 4 rings (SSSR count). The summed E-state index contributed by atoms with van der Waals surface area (Å²) in [6.07, 6.45) is 1.86. The fourth-order valence-corrected chi connectivity index (χ4v) is 8.01. The number of carbonyl (C=O) groups is 3. The largest absolute Gasteiger partial charge is 0.497 e. The van der Waals surface area contributed by atoms with Gasteiger partial charge in [0.15, 0.2) is 0 Å². The molecule has 0 aliphatic carbocycles. The van der Waals surface area contributed by atoms with E-state index < -0.39 is 22.6 Å². The number of amides is 3. The first-order chi connectivity index (χ1) is 14.8. The van der Waals surface area contributed by atoms with Gasteiger partial charge >= 0.3 is 0 Å². The van der Waals surface area contributed by atoms with Gasteiger partial charge < -0.3 is 25.4 Å². The van der Waals surface area contributed by atoms with Crippen molar-refractivity contribution in [1.82, 2.24) is 10.2 Å². The smallest absolute Gasteiger partial charge is 0.248 e. The van der Waals surface area contributed by atoms with Gasteiger partial charge in [0.1, 0.15) is 11.8 Å². The number of nitrogens with zero attached hydrogens (tertiary/aromatic N) is 1. The van der Waals surface area contributed by atoms with Crippen LogP contribution in [0.4, 0.5) is 5.69 Å². The number of methoxy groups -OCH3 is 1. The fourth-order valence-electron chi connectivity index (χ4n) is 5.65. The summed E-state index contributed by atoms with van der Waals surface area (Å²) in [4.78, 5) is 41.5. The van der Waals surface area contributed by atoms with Crippen LogP contribution in [0.15, 0.2) is 24.3 Å². The summed E-state index contributed by atoms with van der Waals surface area (Å²) in [7, 11) is 3.17. The molecule has 8 nitrogen and oxygen atoms in total. The molecule has 0 aromatic heterocycles. The second-order valence-corrected chi connectivity index (χ2v) is 10.6. The minimum atomic E-state index is -0.694. The van der Waals surface area contributed by atoms with E-state index in [9.17, 15) is 19.5 Å². The van der Waals surface area contributed by atoms with E-state index in [2.05, 4.69) is 10.6 Å². The average molecular weight is 448 g/mol. The van der Waals surface area contributed by atoms with Crippen molar-refractivity contribution in [2.45, 2.75) is 41.7 Å². The molecule has 3 N–H and O–H groups in total. The molecule has 2 bridgehead atoms. The number of likely N-dealkylation sites (tertiary alicyclic amines) is 1. The van der Waals surface area contributed by atoms with E-state index in [4.69, 9.17) is 4.74 Å². The number of fused-ring (bicyclic) bond motifs is 1. The average Bonchev–Trinajstić information content (AvgIpc) is 3.33. The number of anilines is 1. The van der Waals surface area contributed by atoms with Gasteiger partial charge in [0.25, 0.3) is 0 Å². The molecule has 1 aromatic carbocycles. The van der Waals surface area contributed by atoms with Crippen molar-refractivity contribution in [1.29, 1.82) is 0 Å². The van der Waals surface area contributed by atoms with Gasteiger partial charge in [-0.05, 0) is 50.5 Å². The molecule has 3 aliphatic rings. The van der Waals surface area contributed by atoms with Crippen LogP contribution < -0.4 is 15.4 Å². The molecular weight excluding hydrogens is 418 g/mol. The Morgan fingerprint density at radius 3 is 2.58 bits per heavy atom. The Kier molecular flexibility index (Phi) is 5.68. The second kappa shape index (κ2) is 8.02. The number of hydrogen-bond acceptors (Lipinski definition) is 6. The van der Waals surface area contributed by atoms with Crippen LogP contribution in [0.25, 0.3) is 0 Å². The van der Waals surface area contributed by atoms with Crippen molar-refractivity contribution in [2.75, 3.05) is 32.6 Å². The zero-order valence-electron chi connectivity index (χ0n) is 18.0. The molecule has 3 fully saturated rings. The molecule has 0 saturated carbocycles. The van der Waals surface area contributed by atoms with Gasteiger partial charge in [-0.3, -0.25) is 14.4 Å². The third kappa shape index (κ3) is 3.29. The van der Waals surface area contributed by atoms with E-state index in [0.29, 0.717) is 24.3 Å². The number of aliphatic hydroxyl groups is 1. The minimum absolute atomic E-state index is 0.0714. The first-order valence-electron chi connectivity index (χ1n) is 10.6. The van der Waals surface area contributed by atoms with E-state index in [1.54, 1.807) is 55.1 Å². The van der Waals surface area contributed by atoms with Crippen molar-refractivity contribution in [3.05, 3.63) is 24.3 Å². The molecule has 168 valence electrons. The van der Waals surface area contributed by atoms with E-state index in [0.717, 1.165) is 6.42 Å². The lowest BCUT2D eigenvalue weighted by Gasteiger charge is -2.34. The highest BCUT2D eigenvalue weighted by Crippen LogP contribution is 2.71. The number of benzene rings is 1. The quantitative estimate of drug-likeness (QED) is 0.581. The van der Waals surface area contributed by atoms with Gasteiger partial charge in [0.2, 0.25) is 17.7 Å². The van der Waals surface area contributed by atoms with Crippen molar-refractivity contribution >= 4 is 35.2 Å². The maximum Gasteiger partial charge on any atom is 0.248 e. The maximum atomic E-state index is 13.6. The predicted octanol–water partition coefficient (Wildman–Crippen LogP) is 1.24. The number of carbonyl (C=O) groups excluding carboxylic acids is 3. The lowest BCUT2D eigenvalue weighted by atomic mass is 9.66. The van der Waals surface area contributed by atoms with Crippen molar-refractivity contribution in [3.63, 3.8) is 0 Å². The van der Waals surface area contributed by atoms with Crippen LogP contribution in [-0.2, 0) is 14.4 Å². The van der Waals surface area contributed by atoms with Gasteiger partial charge in [-0.25, -0.2) is 0 Å². The predicted molar refractivity (Wildman–Crippen MR) is 118 cm³/mol. The maximum absolute atomic E-state index is 13.6. The molecule has 3 saturated heterocycles. The molecule has 2 unspecified atom stereocenters. The number of hydrogen-bond donors (Lipinski definition) is 3. The number of ether oxygens (including phenoxy) is 1. The summed E-state index contributed by atoms with van der Waals surface area (Å²) in [5.74, 6) is -0.890. The Balaban J connectivity index is 1.69. The van der Waals surface area contributed by atoms with Crippen molar-refractivity contribution in [2.24, 2.45) is 11.8 Å². The second-order valence-electron chi connectivity index (χ2n) is 8.67. The Morgan fingerprint density at radius 1 is 1.26 bits per heavy atom. The van der Waals surface area contributed by atoms with Gasteiger partial charge in [-0.1, -0.05) is 0 Å². The molecule has 3 amide bonds. The van der Waals surface area contributed by atoms with Crippen LogP contribution in [0, 0.1) is 11.8 Å². The topological polar surface area (TPSA) is 108 Å². The molecule has 1 spiro atoms. The normalized spacial score (nSPS) is 33.4. The zero-order chi connectivity index (χ0) is 22.4. The number of aliphatic hydroxyl groups excluding tert-OH is 1. The zero-order valence-corrected chi connectivity index (χ0v) is 18.8. The first kappa shape index (κ1) is 22.0. The van der Waals surface area contributed by atoms with E-state index in [1.807, 2.05) is 6.92 Å². The molecule has 9 heteroatoms.